The topological polar surface area (TPSA) is 49.0 Å². The van der Waals surface area contributed by atoms with E-state index in [1.54, 1.807) is 7.11 Å². The summed E-state index contributed by atoms with van der Waals surface area (Å²) in [4.78, 5) is 0. The average molecular weight is 247 g/mol. The van der Waals surface area contributed by atoms with Gasteiger partial charge in [0.1, 0.15) is 0 Å². The Balaban J connectivity index is 1.69. The first kappa shape index (κ1) is 14.9. The SMILES string of the molecule is COCCOCCOCCOC[C@H]1CCCN1. The van der Waals surface area contributed by atoms with Gasteiger partial charge in [0.2, 0.25) is 0 Å². The van der Waals surface area contributed by atoms with Gasteiger partial charge in [0.25, 0.3) is 0 Å². The van der Waals surface area contributed by atoms with Crippen molar-refractivity contribution >= 4 is 0 Å². The second-order valence-electron chi connectivity index (χ2n) is 4.09. The largest absolute Gasteiger partial charge is 0.382 e. The molecule has 1 aliphatic rings. The Morgan fingerprint density at radius 2 is 1.59 bits per heavy atom. The fourth-order valence-corrected chi connectivity index (χ4v) is 1.71. The van der Waals surface area contributed by atoms with Crippen LogP contribution in [0.4, 0.5) is 0 Å². The Morgan fingerprint density at radius 1 is 0.941 bits per heavy atom. The van der Waals surface area contributed by atoms with Crippen molar-refractivity contribution < 1.29 is 18.9 Å². The number of hydrogen-bond donors (Lipinski definition) is 1. The molecule has 5 nitrogen and oxygen atoms in total. The van der Waals surface area contributed by atoms with Crippen LogP contribution in [0.1, 0.15) is 12.8 Å². The van der Waals surface area contributed by atoms with E-state index < -0.39 is 0 Å². The normalized spacial score (nSPS) is 19.9. The highest BCUT2D eigenvalue weighted by molar-refractivity contribution is 4.73. The number of hydrogen-bond acceptors (Lipinski definition) is 5. The molecule has 1 N–H and O–H groups in total. The molecule has 0 aromatic rings. The summed E-state index contributed by atoms with van der Waals surface area (Å²) in [5, 5.41) is 3.39. The van der Waals surface area contributed by atoms with Crippen molar-refractivity contribution in [2.24, 2.45) is 0 Å². The van der Waals surface area contributed by atoms with Gasteiger partial charge in [-0.25, -0.2) is 0 Å². The fraction of sp³-hybridized carbons (Fsp3) is 1.00. The van der Waals surface area contributed by atoms with Crippen LogP contribution in [-0.4, -0.2) is 65.9 Å². The molecule has 0 aliphatic carbocycles. The van der Waals surface area contributed by atoms with E-state index in [0.717, 1.165) is 13.2 Å². The molecule has 1 atom stereocenters. The van der Waals surface area contributed by atoms with Crippen molar-refractivity contribution in [2.45, 2.75) is 18.9 Å². The van der Waals surface area contributed by atoms with Crippen molar-refractivity contribution in [1.82, 2.24) is 5.32 Å². The first-order chi connectivity index (χ1) is 8.43. The monoisotopic (exact) mass is 247 g/mol. The summed E-state index contributed by atoms with van der Waals surface area (Å²) >= 11 is 0. The Bertz CT molecular complexity index is 163. The number of nitrogens with one attached hydrogen (secondary N) is 1. The van der Waals surface area contributed by atoms with E-state index in [1.807, 2.05) is 0 Å². The van der Waals surface area contributed by atoms with Gasteiger partial charge in [-0.1, -0.05) is 0 Å². The first-order valence-electron chi connectivity index (χ1n) is 6.39. The third kappa shape index (κ3) is 8.51. The van der Waals surface area contributed by atoms with E-state index in [0.29, 0.717) is 45.7 Å². The first-order valence-corrected chi connectivity index (χ1v) is 6.39. The van der Waals surface area contributed by atoms with Crippen molar-refractivity contribution in [3.63, 3.8) is 0 Å². The van der Waals surface area contributed by atoms with Crippen LogP contribution in [0.2, 0.25) is 0 Å². The number of rotatable bonds is 11. The Hall–Kier alpha value is -0.200. The van der Waals surface area contributed by atoms with Crippen LogP contribution < -0.4 is 5.32 Å². The molecule has 17 heavy (non-hydrogen) atoms. The van der Waals surface area contributed by atoms with Crippen molar-refractivity contribution in [3.05, 3.63) is 0 Å². The van der Waals surface area contributed by atoms with Crippen molar-refractivity contribution in [3.8, 4) is 0 Å². The molecular weight excluding hydrogens is 222 g/mol. The van der Waals surface area contributed by atoms with Gasteiger partial charge in [0.05, 0.1) is 46.2 Å². The molecule has 0 spiro atoms. The lowest BCUT2D eigenvalue weighted by molar-refractivity contribution is 0.00143. The molecule has 1 aliphatic heterocycles. The zero-order valence-corrected chi connectivity index (χ0v) is 10.8. The quantitative estimate of drug-likeness (QED) is 0.537. The van der Waals surface area contributed by atoms with Gasteiger partial charge in [0.15, 0.2) is 0 Å². The van der Waals surface area contributed by atoms with Gasteiger partial charge in [-0.2, -0.15) is 0 Å². The van der Waals surface area contributed by atoms with Crippen LogP contribution in [0.3, 0.4) is 0 Å². The molecule has 0 aromatic heterocycles. The van der Waals surface area contributed by atoms with Gasteiger partial charge in [-0.15, -0.1) is 0 Å². The summed E-state index contributed by atoms with van der Waals surface area (Å²) in [6, 6.07) is 0.548. The number of ether oxygens (including phenoxy) is 4. The van der Waals surface area contributed by atoms with E-state index in [1.165, 1.54) is 12.8 Å². The maximum atomic E-state index is 5.51. The molecule has 0 aromatic carbocycles. The molecule has 102 valence electrons. The lowest BCUT2D eigenvalue weighted by Crippen LogP contribution is -2.27. The third-order valence-electron chi connectivity index (χ3n) is 2.66. The van der Waals surface area contributed by atoms with E-state index >= 15 is 0 Å². The average Bonchev–Trinajstić information content (AvgIpc) is 2.85. The van der Waals surface area contributed by atoms with Gasteiger partial charge in [-0.3, -0.25) is 0 Å². The van der Waals surface area contributed by atoms with Gasteiger partial charge < -0.3 is 24.3 Å². The smallest absolute Gasteiger partial charge is 0.0701 e. The molecule has 0 saturated carbocycles. The lowest BCUT2D eigenvalue weighted by Gasteiger charge is -2.10. The van der Waals surface area contributed by atoms with E-state index in [9.17, 15) is 0 Å². The molecule has 1 heterocycles. The highest BCUT2D eigenvalue weighted by atomic mass is 16.6. The zero-order chi connectivity index (χ0) is 12.2. The Morgan fingerprint density at radius 3 is 2.18 bits per heavy atom. The molecular formula is C12H25NO4. The fourth-order valence-electron chi connectivity index (χ4n) is 1.71. The standard InChI is InChI=1S/C12H25NO4/c1-14-5-6-15-7-8-16-9-10-17-11-12-3-2-4-13-12/h12-13H,2-11H2,1H3/t12-/m1/s1. The summed E-state index contributed by atoms with van der Waals surface area (Å²) in [5.74, 6) is 0. The second kappa shape index (κ2) is 10.9. The lowest BCUT2D eigenvalue weighted by atomic mass is 10.2. The minimum Gasteiger partial charge on any atom is -0.382 e. The highest BCUT2D eigenvalue weighted by Crippen LogP contribution is 2.04. The molecule has 5 heteroatoms. The third-order valence-corrected chi connectivity index (χ3v) is 2.66. The summed E-state index contributed by atoms with van der Waals surface area (Å²) < 4.78 is 21.0. The minimum atomic E-state index is 0.548. The summed E-state index contributed by atoms with van der Waals surface area (Å²) in [6.07, 6.45) is 2.50. The van der Waals surface area contributed by atoms with Crippen LogP contribution in [0.25, 0.3) is 0 Å². The van der Waals surface area contributed by atoms with Gasteiger partial charge >= 0.3 is 0 Å². The number of methoxy groups -OCH3 is 1. The summed E-state index contributed by atoms with van der Waals surface area (Å²) in [5.41, 5.74) is 0. The Labute approximate surface area is 104 Å². The molecule has 1 fully saturated rings. The van der Waals surface area contributed by atoms with Crippen molar-refractivity contribution in [2.75, 3.05) is 59.9 Å². The van der Waals surface area contributed by atoms with Gasteiger partial charge in [0, 0.05) is 13.2 Å². The van der Waals surface area contributed by atoms with Gasteiger partial charge in [-0.05, 0) is 19.4 Å². The maximum Gasteiger partial charge on any atom is 0.0701 e. The van der Waals surface area contributed by atoms with E-state index in [4.69, 9.17) is 18.9 Å². The molecule has 0 bridgehead atoms. The summed E-state index contributed by atoms with van der Waals surface area (Å²) in [7, 11) is 1.66. The molecule has 0 amide bonds. The highest BCUT2D eigenvalue weighted by Gasteiger charge is 2.13. The molecule has 0 radical (unpaired) electrons. The molecule has 0 unspecified atom stereocenters. The maximum absolute atomic E-state index is 5.51. The van der Waals surface area contributed by atoms with Crippen LogP contribution in [-0.2, 0) is 18.9 Å². The van der Waals surface area contributed by atoms with Crippen LogP contribution >= 0.6 is 0 Å². The zero-order valence-electron chi connectivity index (χ0n) is 10.8. The van der Waals surface area contributed by atoms with Crippen molar-refractivity contribution in [1.29, 1.82) is 0 Å². The van der Waals surface area contributed by atoms with Crippen LogP contribution in [0.15, 0.2) is 0 Å². The predicted octanol–water partition coefficient (Wildman–Crippen LogP) is 0.435. The Kier molecular flexibility index (Phi) is 9.55. The van der Waals surface area contributed by atoms with E-state index in [-0.39, 0.29) is 0 Å². The summed E-state index contributed by atoms with van der Waals surface area (Å²) in [6.45, 7) is 5.73. The molecule has 1 rings (SSSR count). The predicted molar refractivity (Wildman–Crippen MR) is 65.4 cm³/mol. The van der Waals surface area contributed by atoms with Crippen LogP contribution in [0, 0.1) is 0 Å². The van der Waals surface area contributed by atoms with E-state index in [2.05, 4.69) is 5.32 Å². The van der Waals surface area contributed by atoms with Crippen LogP contribution in [0.5, 0.6) is 0 Å². The molecule has 1 saturated heterocycles. The minimum absolute atomic E-state index is 0.548. The second-order valence-corrected chi connectivity index (χ2v) is 4.09.